The van der Waals surface area contributed by atoms with Crippen LogP contribution in [0, 0.1) is 0 Å². The number of benzene rings is 13. The van der Waals surface area contributed by atoms with Crippen molar-refractivity contribution in [3.63, 3.8) is 0 Å². The molecule has 0 N–H and O–H groups in total. The maximum absolute atomic E-state index is 3.29. The summed E-state index contributed by atoms with van der Waals surface area (Å²) in [6.07, 6.45) is 0. The van der Waals surface area contributed by atoms with Gasteiger partial charge in [-0.1, -0.05) is 291 Å². The Bertz CT molecular complexity index is 4630. The predicted molar refractivity (Wildman–Crippen MR) is 346 cm³/mol. The van der Waals surface area contributed by atoms with Crippen LogP contribution in [-0.2, 0) is 0 Å². The summed E-state index contributed by atoms with van der Waals surface area (Å²) in [7, 11) is -3.29. The van der Waals surface area contributed by atoms with E-state index in [2.05, 4.69) is 337 Å². The van der Waals surface area contributed by atoms with Crippen molar-refractivity contribution >= 4 is 72.4 Å². The molecule has 13 aromatic carbocycles. The Hall–Kier alpha value is -10.3. The minimum absolute atomic E-state index is 1.14. The molecule has 81 heavy (non-hydrogen) atoms. The SMILES string of the molecule is c1ccc(-c2cccc([Si](c3ccccc3)(c3cccc(-c4ccccc4)c3)c3cc(-c4ccccc4)c(-n4c5ccccc5c5cc(-c6cccc7c8ccccc8n(-c8ccccc8)c67)ccc54)c(-c4ccccc4)c3)c2)cc1. The number of rotatable bonds is 11. The van der Waals surface area contributed by atoms with Gasteiger partial charge in [-0.3, -0.25) is 0 Å². The van der Waals surface area contributed by atoms with Gasteiger partial charge in [-0.2, -0.15) is 0 Å². The minimum atomic E-state index is -3.29. The van der Waals surface area contributed by atoms with Crippen LogP contribution in [0.25, 0.3) is 111 Å². The molecule has 0 spiro atoms. The third kappa shape index (κ3) is 8.08. The second-order valence-corrected chi connectivity index (χ2v) is 24.9. The van der Waals surface area contributed by atoms with Gasteiger partial charge in [0.05, 0.1) is 27.8 Å². The largest absolute Gasteiger partial charge is 0.309 e. The molecule has 0 aliphatic carbocycles. The summed E-state index contributed by atoms with van der Waals surface area (Å²) in [5, 5.41) is 10.1. The van der Waals surface area contributed by atoms with E-state index >= 15 is 0 Å². The topological polar surface area (TPSA) is 9.86 Å². The summed E-state index contributed by atoms with van der Waals surface area (Å²) in [5.41, 5.74) is 18.8. The fourth-order valence-electron chi connectivity index (χ4n) is 13.1. The molecule has 0 saturated heterocycles. The molecule has 0 fully saturated rings. The molecule has 0 bridgehead atoms. The fraction of sp³-hybridized carbons (Fsp3) is 0. The van der Waals surface area contributed by atoms with Gasteiger partial charge in [-0.25, -0.2) is 0 Å². The van der Waals surface area contributed by atoms with Crippen molar-refractivity contribution in [1.29, 1.82) is 0 Å². The second-order valence-electron chi connectivity index (χ2n) is 21.1. The van der Waals surface area contributed by atoms with Crippen LogP contribution in [0.4, 0.5) is 0 Å². The molecule has 15 aromatic rings. The van der Waals surface area contributed by atoms with Crippen LogP contribution in [-0.4, -0.2) is 17.2 Å². The van der Waals surface area contributed by atoms with Crippen molar-refractivity contribution in [1.82, 2.24) is 9.13 Å². The molecular weight excluding hydrogens is 993 g/mol. The Kier molecular flexibility index (Phi) is 11.9. The lowest BCUT2D eigenvalue weighted by Gasteiger charge is -2.36. The highest BCUT2D eigenvalue weighted by Crippen LogP contribution is 2.44. The van der Waals surface area contributed by atoms with Gasteiger partial charge in [0.2, 0.25) is 0 Å². The van der Waals surface area contributed by atoms with Crippen molar-refractivity contribution in [3.05, 3.63) is 328 Å². The summed E-state index contributed by atoms with van der Waals surface area (Å²) in [6.45, 7) is 0. The minimum Gasteiger partial charge on any atom is -0.309 e. The van der Waals surface area contributed by atoms with E-state index in [4.69, 9.17) is 0 Å². The van der Waals surface area contributed by atoms with Crippen LogP contribution in [0.1, 0.15) is 0 Å². The summed E-state index contributed by atoms with van der Waals surface area (Å²) in [5.74, 6) is 0. The van der Waals surface area contributed by atoms with Gasteiger partial charge in [0.15, 0.2) is 8.07 Å². The molecular formula is C78H54N2Si. The fourth-order valence-corrected chi connectivity index (χ4v) is 17.9. The highest BCUT2D eigenvalue weighted by Gasteiger charge is 2.43. The molecule has 380 valence electrons. The second kappa shape index (κ2) is 20.2. The van der Waals surface area contributed by atoms with E-state index in [-0.39, 0.29) is 0 Å². The van der Waals surface area contributed by atoms with Crippen molar-refractivity contribution < 1.29 is 0 Å². The Balaban J connectivity index is 1.05. The third-order valence-electron chi connectivity index (χ3n) is 16.6. The molecule has 0 atom stereocenters. The summed E-state index contributed by atoms with van der Waals surface area (Å²) in [4.78, 5) is 0. The molecule has 0 aliphatic rings. The number of nitrogens with zero attached hydrogens (tertiary/aromatic N) is 2. The molecule has 0 amide bonds. The van der Waals surface area contributed by atoms with Gasteiger partial charge in [-0.15, -0.1) is 0 Å². The number of para-hydroxylation sites is 4. The Morgan fingerprint density at radius 3 is 1.17 bits per heavy atom. The van der Waals surface area contributed by atoms with Crippen molar-refractivity contribution in [2.24, 2.45) is 0 Å². The molecule has 2 heterocycles. The molecule has 0 aliphatic heterocycles. The van der Waals surface area contributed by atoms with Gasteiger partial charge >= 0.3 is 0 Å². The maximum Gasteiger partial charge on any atom is 0.179 e. The van der Waals surface area contributed by atoms with Gasteiger partial charge in [0.1, 0.15) is 0 Å². The summed E-state index contributed by atoms with van der Waals surface area (Å²) >= 11 is 0. The number of fused-ring (bicyclic) bond motifs is 6. The predicted octanol–water partition coefficient (Wildman–Crippen LogP) is 17.6. The first-order valence-electron chi connectivity index (χ1n) is 28.0. The normalized spacial score (nSPS) is 11.7. The number of hydrogen-bond acceptors (Lipinski definition) is 0. The van der Waals surface area contributed by atoms with E-state index in [0.29, 0.717) is 0 Å². The molecule has 0 saturated carbocycles. The Labute approximate surface area is 473 Å². The van der Waals surface area contributed by atoms with Gasteiger partial charge < -0.3 is 9.13 Å². The zero-order valence-electron chi connectivity index (χ0n) is 44.6. The average Bonchev–Trinajstić information content (AvgIpc) is 3.72. The smallest absolute Gasteiger partial charge is 0.179 e. The highest BCUT2D eigenvalue weighted by atomic mass is 28.3. The van der Waals surface area contributed by atoms with Crippen LogP contribution < -0.4 is 20.7 Å². The van der Waals surface area contributed by atoms with Crippen molar-refractivity contribution in [2.75, 3.05) is 0 Å². The first-order valence-corrected chi connectivity index (χ1v) is 30.0. The summed E-state index contributed by atoms with van der Waals surface area (Å²) < 4.78 is 5.02. The molecule has 2 nitrogen and oxygen atoms in total. The lowest BCUT2D eigenvalue weighted by molar-refractivity contribution is 1.18. The first kappa shape index (κ1) is 47.9. The maximum atomic E-state index is 2.58. The quantitative estimate of drug-likeness (QED) is 0.0902. The average molecular weight is 1050 g/mol. The van der Waals surface area contributed by atoms with Gasteiger partial charge in [0, 0.05) is 43.9 Å². The van der Waals surface area contributed by atoms with Crippen LogP contribution in [0.2, 0.25) is 0 Å². The molecule has 15 rings (SSSR count). The van der Waals surface area contributed by atoms with Crippen LogP contribution in [0.5, 0.6) is 0 Å². The highest BCUT2D eigenvalue weighted by molar-refractivity contribution is 7.20. The molecule has 3 heteroatoms. The lowest BCUT2D eigenvalue weighted by Crippen LogP contribution is -2.74. The van der Waals surface area contributed by atoms with E-state index in [1.54, 1.807) is 0 Å². The van der Waals surface area contributed by atoms with E-state index in [1.807, 2.05) is 0 Å². The third-order valence-corrected chi connectivity index (χ3v) is 21.3. The van der Waals surface area contributed by atoms with Crippen LogP contribution in [0.15, 0.2) is 328 Å². The number of aromatic nitrogens is 2. The Morgan fingerprint density at radius 2 is 0.617 bits per heavy atom. The molecule has 0 radical (unpaired) electrons. The van der Waals surface area contributed by atoms with E-state index in [0.717, 1.165) is 33.5 Å². The van der Waals surface area contributed by atoms with E-state index < -0.39 is 8.07 Å². The standard InChI is InChI=1S/C78H54N2Si/c1-7-26-55(27-8-1)59-34-23-40-64(50-59)81(63-38-17-6-18-39-63,65-41-24-35-60(51-65)56-28-9-2-10-29-56)66-53-71(57-30-11-3-12-31-57)78(72(54-66)58-32-13-4-14-33-58)80-75-47-22-20-43-69(75)73-52-61(48-49-76(73)80)67-44-25-45-70-68-42-19-21-46-74(68)79(77(67)70)62-36-15-5-16-37-62/h1-54H. The van der Waals surface area contributed by atoms with Gasteiger partial charge in [-0.05, 0) is 96.1 Å². The number of hydrogen-bond donors (Lipinski definition) is 0. The van der Waals surface area contributed by atoms with E-state index in [1.165, 1.54) is 97.8 Å². The van der Waals surface area contributed by atoms with Crippen molar-refractivity contribution in [2.45, 2.75) is 0 Å². The van der Waals surface area contributed by atoms with Crippen LogP contribution >= 0.6 is 0 Å². The van der Waals surface area contributed by atoms with Crippen molar-refractivity contribution in [3.8, 4) is 67.0 Å². The summed E-state index contributed by atoms with van der Waals surface area (Å²) in [6, 6.07) is 122. The van der Waals surface area contributed by atoms with E-state index in [9.17, 15) is 0 Å². The first-order chi connectivity index (χ1) is 40.2. The Morgan fingerprint density at radius 1 is 0.210 bits per heavy atom. The molecule has 0 unspecified atom stereocenters. The zero-order chi connectivity index (χ0) is 53.7. The van der Waals surface area contributed by atoms with Crippen LogP contribution in [0.3, 0.4) is 0 Å². The monoisotopic (exact) mass is 1050 g/mol. The van der Waals surface area contributed by atoms with Gasteiger partial charge in [0.25, 0.3) is 0 Å². The lowest BCUT2D eigenvalue weighted by atomic mass is 9.95. The molecule has 2 aromatic heterocycles. The zero-order valence-corrected chi connectivity index (χ0v) is 45.6.